The summed E-state index contributed by atoms with van der Waals surface area (Å²) in [4.78, 5) is 13.6. The van der Waals surface area contributed by atoms with Crippen LogP contribution in [0, 0.1) is 13.8 Å². The summed E-state index contributed by atoms with van der Waals surface area (Å²) in [6.45, 7) is 6.57. The second-order valence-corrected chi connectivity index (χ2v) is 4.53. The lowest BCUT2D eigenvalue weighted by molar-refractivity contribution is -0.117. The normalized spacial score (nSPS) is 10.9. The van der Waals surface area contributed by atoms with Crippen molar-refractivity contribution in [1.82, 2.24) is 0 Å². The molecule has 0 aliphatic carbocycles. The first kappa shape index (κ1) is 15.7. The van der Waals surface area contributed by atoms with E-state index in [1.165, 1.54) is 0 Å². The monoisotopic (exact) mass is 281 g/mol. The minimum atomic E-state index is -0.153. The van der Waals surface area contributed by atoms with E-state index in [2.05, 4.69) is 0 Å². The second-order valence-electron chi connectivity index (χ2n) is 4.26. The van der Waals surface area contributed by atoms with Gasteiger partial charge in [-0.1, -0.05) is 30.4 Å². The third kappa shape index (κ3) is 4.37. The first-order valence-corrected chi connectivity index (χ1v) is 6.76. The number of aryl methyl sites for hydroxylation is 2. The van der Waals surface area contributed by atoms with Crippen LogP contribution in [0.25, 0.3) is 0 Å². The molecule has 1 aromatic carbocycles. The van der Waals surface area contributed by atoms with Crippen LogP contribution in [0.4, 0.5) is 5.69 Å². The summed E-state index contributed by atoms with van der Waals surface area (Å²) in [6.07, 6.45) is 3.81. The van der Waals surface area contributed by atoms with Crippen molar-refractivity contribution in [3.05, 3.63) is 41.5 Å². The zero-order valence-corrected chi connectivity index (χ0v) is 12.4. The Morgan fingerprint density at radius 3 is 2.53 bits per heavy atom. The lowest BCUT2D eigenvalue weighted by Crippen LogP contribution is -2.35. The number of carbonyl (C=O) groups excluding carboxylic acids is 1. The fraction of sp³-hybridized carbons (Fsp3) is 0.400. The van der Waals surface area contributed by atoms with Crippen LogP contribution in [0.5, 0.6) is 0 Å². The molecule has 19 heavy (non-hydrogen) atoms. The molecule has 0 radical (unpaired) electrons. The molecule has 0 spiro atoms. The first-order valence-electron chi connectivity index (χ1n) is 6.23. The average Bonchev–Trinajstić information content (AvgIpc) is 2.40. The summed E-state index contributed by atoms with van der Waals surface area (Å²) in [5.74, 6) is -0.208. The zero-order valence-electron chi connectivity index (χ0n) is 11.6. The van der Waals surface area contributed by atoms with Crippen LogP contribution >= 0.6 is 11.6 Å². The van der Waals surface area contributed by atoms with Gasteiger partial charge in [0, 0.05) is 0 Å². The maximum absolute atomic E-state index is 12.0. The van der Waals surface area contributed by atoms with Crippen molar-refractivity contribution in [3.63, 3.8) is 0 Å². The first-order chi connectivity index (χ1) is 9.11. The van der Waals surface area contributed by atoms with Crippen LogP contribution in [0.15, 0.2) is 30.4 Å². The molecule has 0 aliphatic heterocycles. The van der Waals surface area contributed by atoms with Gasteiger partial charge in [-0.3, -0.25) is 9.69 Å². The van der Waals surface area contributed by atoms with Crippen molar-refractivity contribution in [3.8, 4) is 0 Å². The van der Waals surface area contributed by atoms with Crippen molar-refractivity contribution in [2.24, 2.45) is 0 Å². The van der Waals surface area contributed by atoms with Gasteiger partial charge in [-0.25, -0.2) is 0 Å². The SMILES string of the molecule is C/C=C\COCN(C(=O)CCl)c1c(C)cccc1C. The number of hydrogen-bond acceptors (Lipinski definition) is 2. The van der Waals surface area contributed by atoms with Crippen LogP contribution in [0.1, 0.15) is 18.1 Å². The fourth-order valence-electron chi connectivity index (χ4n) is 1.87. The van der Waals surface area contributed by atoms with Crippen molar-refractivity contribution in [1.29, 1.82) is 0 Å². The molecule has 104 valence electrons. The van der Waals surface area contributed by atoms with E-state index in [0.29, 0.717) is 6.61 Å². The molecule has 0 unspecified atom stereocenters. The van der Waals surface area contributed by atoms with Gasteiger partial charge in [0.1, 0.15) is 12.6 Å². The maximum atomic E-state index is 12.0. The van der Waals surface area contributed by atoms with E-state index in [-0.39, 0.29) is 18.5 Å². The van der Waals surface area contributed by atoms with Crippen LogP contribution in [0.3, 0.4) is 0 Å². The number of halogens is 1. The quantitative estimate of drug-likeness (QED) is 0.346. The van der Waals surface area contributed by atoms with Crippen molar-refractivity contribution in [2.45, 2.75) is 20.8 Å². The van der Waals surface area contributed by atoms with E-state index in [0.717, 1.165) is 16.8 Å². The Bertz CT molecular complexity index is 437. The van der Waals surface area contributed by atoms with Gasteiger partial charge in [-0.15, -0.1) is 11.6 Å². The summed E-state index contributed by atoms with van der Waals surface area (Å²) < 4.78 is 5.48. The summed E-state index contributed by atoms with van der Waals surface area (Å²) in [5, 5.41) is 0. The van der Waals surface area contributed by atoms with E-state index in [4.69, 9.17) is 16.3 Å². The van der Waals surface area contributed by atoms with Gasteiger partial charge < -0.3 is 4.74 Å². The van der Waals surface area contributed by atoms with Crippen LogP contribution in [-0.2, 0) is 9.53 Å². The Morgan fingerprint density at radius 1 is 1.37 bits per heavy atom. The predicted molar refractivity (Wildman–Crippen MR) is 79.8 cm³/mol. The molecule has 0 atom stereocenters. The lowest BCUT2D eigenvalue weighted by atomic mass is 10.1. The molecule has 1 rings (SSSR count). The molecular weight excluding hydrogens is 262 g/mol. The van der Waals surface area contributed by atoms with Gasteiger partial charge in [-0.2, -0.15) is 0 Å². The molecule has 3 nitrogen and oxygen atoms in total. The highest BCUT2D eigenvalue weighted by Gasteiger charge is 2.18. The van der Waals surface area contributed by atoms with Gasteiger partial charge >= 0.3 is 0 Å². The molecule has 0 fully saturated rings. The smallest absolute Gasteiger partial charge is 0.243 e. The Kier molecular flexibility index (Phi) is 6.60. The Hall–Kier alpha value is -1.32. The largest absolute Gasteiger partial charge is 0.357 e. The average molecular weight is 282 g/mol. The zero-order chi connectivity index (χ0) is 14.3. The number of para-hydroxylation sites is 1. The van der Waals surface area contributed by atoms with Gasteiger partial charge in [0.05, 0.1) is 12.3 Å². The number of nitrogens with zero attached hydrogens (tertiary/aromatic N) is 1. The molecule has 0 bridgehead atoms. The highest BCUT2D eigenvalue weighted by molar-refractivity contribution is 6.29. The predicted octanol–water partition coefficient (Wildman–Crippen LogP) is 3.43. The molecule has 0 heterocycles. The molecule has 1 aromatic rings. The van der Waals surface area contributed by atoms with Gasteiger partial charge in [0.15, 0.2) is 0 Å². The van der Waals surface area contributed by atoms with Crippen LogP contribution in [0.2, 0.25) is 0 Å². The van der Waals surface area contributed by atoms with E-state index in [1.807, 2.05) is 51.1 Å². The number of carbonyl (C=O) groups is 1. The third-order valence-corrected chi connectivity index (χ3v) is 3.02. The highest BCUT2D eigenvalue weighted by Crippen LogP contribution is 2.24. The number of allylic oxidation sites excluding steroid dienone is 1. The number of amides is 1. The molecule has 0 saturated heterocycles. The summed E-state index contributed by atoms with van der Waals surface area (Å²) >= 11 is 5.68. The second kappa shape index (κ2) is 7.97. The number of rotatable bonds is 6. The van der Waals surface area contributed by atoms with Gasteiger partial charge in [-0.05, 0) is 31.9 Å². The van der Waals surface area contributed by atoms with Crippen LogP contribution in [-0.4, -0.2) is 25.1 Å². The Labute approximate surface area is 119 Å². The van der Waals surface area contributed by atoms with Crippen molar-refractivity contribution >= 4 is 23.2 Å². The van der Waals surface area contributed by atoms with Gasteiger partial charge in [0.25, 0.3) is 0 Å². The van der Waals surface area contributed by atoms with Crippen molar-refractivity contribution < 1.29 is 9.53 Å². The van der Waals surface area contributed by atoms with E-state index in [1.54, 1.807) is 4.90 Å². The Balaban J connectivity index is 2.93. The minimum Gasteiger partial charge on any atom is -0.357 e. The topological polar surface area (TPSA) is 29.5 Å². The number of alkyl halides is 1. The molecule has 0 saturated carbocycles. The third-order valence-electron chi connectivity index (χ3n) is 2.79. The molecule has 1 amide bonds. The Morgan fingerprint density at radius 2 is 2.00 bits per heavy atom. The molecule has 0 aromatic heterocycles. The molecule has 4 heteroatoms. The molecule has 0 N–H and O–H groups in total. The van der Waals surface area contributed by atoms with E-state index in [9.17, 15) is 4.79 Å². The fourth-order valence-corrected chi connectivity index (χ4v) is 2.02. The summed E-state index contributed by atoms with van der Waals surface area (Å²) in [7, 11) is 0. The number of hydrogen-bond donors (Lipinski definition) is 0. The molecule has 0 aliphatic rings. The van der Waals surface area contributed by atoms with Gasteiger partial charge in [0.2, 0.25) is 5.91 Å². The molecular formula is C15H20ClNO2. The maximum Gasteiger partial charge on any atom is 0.243 e. The number of anilines is 1. The highest BCUT2D eigenvalue weighted by atomic mass is 35.5. The van der Waals surface area contributed by atoms with E-state index >= 15 is 0 Å². The van der Waals surface area contributed by atoms with Crippen molar-refractivity contribution in [2.75, 3.05) is 24.1 Å². The lowest BCUT2D eigenvalue weighted by Gasteiger charge is -2.25. The standard InChI is InChI=1S/C15H20ClNO2/c1-4-5-9-19-11-17(14(18)10-16)15-12(2)7-6-8-13(15)3/h4-8H,9-11H2,1-3H3/b5-4-. The summed E-state index contributed by atoms with van der Waals surface area (Å²) in [6, 6.07) is 5.92. The van der Waals surface area contributed by atoms with E-state index < -0.39 is 0 Å². The number of benzene rings is 1. The minimum absolute atomic E-state index is 0.0548. The number of ether oxygens (including phenoxy) is 1. The summed E-state index contributed by atoms with van der Waals surface area (Å²) in [5.41, 5.74) is 2.95. The van der Waals surface area contributed by atoms with Crippen LogP contribution < -0.4 is 4.90 Å².